The van der Waals surface area contributed by atoms with Gasteiger partial charge in [-0.3, -0.25) is 4.79 Å². The third-order valence-corrected chi connectivity index (χ3v) is 3.23. The molecule has 19 heavy (non-hydrogen) atoms. The molecular weight excluding hydrogens is 316 g/mol. The summed E-state index contributed by atoms with van der Waals surface area (Å²) in [6, 6.07) is 8.13. The normalized spacial score (nSPS) is 10.3. The van der Waals surface area contributed by atoms with E-state index in [0.29, 0.717) is 4.47 Å². The molecule has 0 bridgehead atoms. The second-order valence-electron chi connectivity index (χ2n) is 4.06. The van der Waals surface area contributed by atoms with Gasteiger partial charge in [0, 0.05) is 4.47 Å². The molecule has 1 amide bonds. The number of halogens is 3. The zero-order valence-electron chi connectivity index (χ0n) is 10.0. The Kier molecular flexibility index (Phi) is 3.95. The minimum absolute atomic E-state index is 0.0705. The molecule has 2 aromatic carbocycles. The van der Waals surface area contributed by atoms with Gasteiger partial charge < -0.3 is 5.32 Å². The molecule has 2 aromatic rings. The van der Waals surface area contributed by atoms with Crippen LogP contribution in [0.5, 0.6) is 0 Å². The standard InChI is InChI=1S/C14H10BrF2NO/c1-8-2-5-12(17)13(6-8)18-14(19)10-7-9(16)3-4-11(10)15/h2-7H,1H3,(H,18,19). The fraction of sp³-hybridized carbons (Fsp3) is 0.0714. The summed E-state index contributed by atoms with van der Waals surface area (Å²) in [5.74, 6) is -1.64. The summed E-state index contributed by atoms with van der Waals surface area (Å²) in [6.45, 7) is 1.78. The first-order chi connectivity index (χ1) is 8.97. The molecule has 0 heterocycles. The SMILES string of the molecule is Cc1ccc(F)c(NC(=O)c2cc(F)ccc2Br)c1. The lowest BCUT2D eigenvalue weighted by molar-refractivity contribution is 0.102. The molecule has 2 rings (SSSR count). The lowest BCUT2D eigenvalue weighted by atomic mass is 10.2. The van der Waals surface area contributed by atoms with Crippen molar-refractivity contribution in [1.82, 2.24) is 0 Å². The van der Waals surface area contributed by atoms with Gasteiger partial charge in [0.15, 0.2) is 0 Å². The Morgan fingerprint density at radius 2 is 1.89 bits per heavy atom. The molecule has 98 valence electrons. The van der Waals surface area contributed by atoms with Crippen LogP contribution in [0.4, 0.5) is 14.5 Å². The van der Waals surface area contributed by atoms with Gasteiger partial charge in [0.1, 0.15) is 11.6 Å². The van der Waals surface area contributed by atoms with Crippen molar-refractivity contribution in [3.8, 4) is 0 Å². The van der Waals surface area contributed by atoms with Gasteiger partial charge in [0.25, 0.3) is 5.91 Å². The molecule has 2 nitrogen and oxygen atoms in total. The molecule has 0 unspecified atom stereocenters. The molecule has 0 aromatic heterocycles. The highest BCUT2D eigenvalue weighted by Gasteiger charge is 2.13. The van der Waals surface area contributed by atoms with Gasteiger partial charge in [0.05, 0.1) is 11.3 Å². The first-order valence-corrected chi connectivity index (χ1v) is 6.29. The van der Waals surface area contributed by atoms with Crippen molar-refractivity contribution in [3.05, 3.63) is 63.6 Å². The Balaban J connectivity index is 2.30. The fourth-order valence-electron chi connectivity index (χ4n) is 1.60. The molecular formula is C14H10BrF2NO. The van der Waals surface area contributed by atoms with E-state index in [1.807, 2.05) is 0 Å². The number of hydrogen-bond acceptors (Lipinski definition) is 1. The molecule has 5 heteroatoms. The number of nitrogens with one attached hydrogen (secondary N) is 1. The predicted molar refractivity (Wildman–Crippen MR) is 73.2 cm³/mol. The van der Waals surface area contributed by atoms with Crippen molar-refractivity contribution in [2.75, 3.05) is 5.32 Å². The van der Waals surface area contributed by atoms with E-state index in [4.69, 9.17) is 0 Å². The zero-order chi connectivity index (χ0) is 14.0. The second-order valence-corrected chi connectivity index (χ2v) is 4.92. The van der Waals surface area contributed by atoms with E-state index in [1.54, 1.807) is 13.0 Å². The highest BCUT2D eigenvalue weighted by Crippen LogP contribution is 2.21. The highest BCUT2D eigenvalue weighted by atomic mass is 79.9. The Bertz CT molecular complexity index is 643. The Morgan fingerprint density at radius 3 is 2.63 bits per heavy atom. The summed E-state index contributed by atoms with van der Waals surface area (Å²) in [6.07, 6.45) is 0. The summed E-state index contributed by atoms with van der Waals surface area (Å²) in [5.41, 5.74) is 0.997. The molecule has 0 saturated heterocycles. The van der Waals surface area contributed by atoms with Gasteiger partial charge in [-0.25, -0.2) is 8.78 Å². The molecule has 0 radical (unpaired) electrons. The van der Waals surface area contributed by atoms with E-state index in [1.165, 1.54) is 24.3 Å². The minimum Gasteiger partial charge on any atom is -0.319 e. The summed E-state index contributed by atoms with van der Waals surface area (Å²) in [5, 5.41) is 2.42. The van der Waals surface area contributed by atoms with E-state index < -0.39 is 17.5 Å². The van der Waals surface area contributed by atoms with Gasteiger partial charge >= 0.3 is 0 Å². The van der Waals surface area contributed by atoms with Crippen LogP contribution in [0, 0.1) is 18.6 Å². The molecule has 0 aliphatic rings. The van der Waals surface area contributed by atoms with Gasteiger partial charge in [-0.15, -0.1) is 0 Å². The largest absolute Gasteiger partial charge is 0.319 e. The van der Waals surface area contributed by atoms with Gasteiger partial charge in [0.2, 0.25) is 0 Å². The van der Waals surface area contributed by atoms with Crippen LogP contribution >= 0.6 is 15.9 Å². The van der Waals surface area contributed by atoms with Crippen molar-refractivity contribution >= 4 is 27.5 Å². The zero-order valence-corrected chi connectivity index (χ0v) is 11.6. The van der Waals surface area contributed by atoms with Crippen molar-refractivity contribution in [2.45, 2.75) is 6.92 Å². The van der Waals surface area contributed by atoms with Gasteiger partial charge in [-0.1, -0.05) is 6.07 Å². The van der Waals surface area contributed by atoms with Crippen LogP contribution in [0.1, 0.15) is 15.9 Å². The lowest BCUT2D eigenvalue weighted by Gasteiger charge is -2.08. The smallest absolute Gasteiger partial charge is 0.256 e. The third kappa shape index (κ3) is 3.17. The topological polar surface area (TPSA) is 29.1 Å². The maximum absolute atomic E-state index is 13.5. The Hall–Kier alpha value is -1.75. The number of hydrogen-bond donors (Lipinski definition) is 1. The first kappa shape index (κ1) is 13.7. The first-order valence-electron chi connectivity index (χ1n) is 5.50. The van der Waals surface area contributed by atoms with Crippen molar-refractivity contribution in [2.24, 2.45) is 0 Å². The predicted octanol–water partition coefficient (Wildman–Crippen LogP) is 4.29. The summed E-state index contributed by atoms with van der Waals surface area (Å²) >= 11 is 3.16. The molecule has 0 aliphatic heterocycles. The molecule has 0 saturated carbocycles. The fourth-order valence-corrected chi connectivity index (χ4v) is 2.02. The van der Waals surface area contributed by atoms with Crippen LogP contribution in [0.2, 0.25) is 0 Å². The van der Waals surface area contributed by atoms with Crippen molar-refractivity contribution in [1.29, 1.82) is 0 Å². The van der Waals surface area contributed by atoms with Crippen molar-refractivity contribution in [3.63, 3.8) is 0 Å². The third-order valence-electron chi connectivity index (χ3n) is 2.54. The summed E-state index contributed by atoms with van der Waals surface area (Å²) in [7, 11) is 0. The van der Waals surface area contributed by atoms with E-state index in [0.717, 1.165) is 11.6 Å². The number of anilines is 1. The summed E-state index contributed by atoms with van der Waals surface area (Å²) in [4.78, 5) is 12.0. The Labute approximate surface area is 117 Å². The van der Waals surface area contributed by atoms with E-state index in [2.05, 4.69) is 21.2 Å². The van der Waals surface area contributed by atoms with Crippen LogP contribution in [-0.4, -0.2) is 5.91 Å². The van der Waals surface area contributed by atoms with Crippen LogP contribution in [0.3, 0.4) is 0 Å². The number of carbonyl (C=O) groups excluding carboxylic acids is 1. The molecule has 0 atom stereocenters. The molecule has 1 N–H and O–H groups in total. The molecule has 0 aliphatic carbocycles. The van der Waals surface area contributed by atoms with Crippen LogP contribution in [0.25, 0.3) is 0 Å². The van der Waals surface area contributed by atoms with Crippen LogP contribution in [-0.2, 0) is 0 Å². The molecule has 0 fully saturated rings. The van der Waals surface area contributed by atoms with Crippen LogP contribution < -0.4 is 5.32 Å². The second kappa shape index (κ2) is 5.48. The average molecular weight is 326 g/mol. The maximum Gasteiger partial charge on any atom is 0.256 e. The number of rotatable bonds is 2. The van der Waals surface area contributed by atoms with E-state index >= 15 is 0 Å². The minimum atomic E-state index is -0.573. The maximum atomic E-state index is 13.5. The number of amides is 1. The van der Waals surface area contributed by atoms with Crippen LogP contribution in [0.15, 0.2) is 40.9 Å². The monoisotopic (exact) mass is 325 g/mol. The highest BCUT2D eigenvalue weighted by molar-refractivity contribution is 9.10. The molecule has 0 spiro atoms. The average Bonchev–Trinajstić information content (AvgIpc) is 2.36. The Morgan fingerprint density at radius 1 is 1.16 bits per heavy atom. The van der Waals surface area contributed by atoms with Gasteiger partial charge in [-0.05, 0) is 58.7 Å². The summed E-state index contributed by atoms with van der Waals surface area (Å²) < 4.78 is 27.1. The quantitative estimate of drug-likeness (QED) is 0.876. The van der Waals surface area contributed by atoms with E-state index in [-0.39, 0.29) is 11.3 Å². The number of carbonyl (C=O) groups is 1. The van der Waals surface area contributed by atoms with E-state index in [9.17, 15) is 13.6 Å². The van der Waals surface area contributed by atoms with Gasteiger partial charge in [-0.2, -0.15) is 0 Å². The number of aryl methyl sites for hydroxylation is 1. The van der Waals surface area contributed by atoms with Crippen molar-refractivity contribution < 1.29 is 13.6 Å². The number of benzene rings is 2. The lowest BCUT2D eigenvalue weighted by Crippen LogP contribution is -2.14.